The number of ketones is 4. The van der Waals surface area contributed by atoms with Gasteiger partial charge in [0.2, 0.25) is 5.92 Å². The van der Waals surface area contributed by atoms with Crippen LogP contribution in [0.15, 0.2) is 60.7 Å². The quantitative estimate of drug-likeness (QED) is 0.202. The molecule has 16 rings (SSSR count). The van der Waals surface area contributed by atoms with Crippen molar-refractivity contribution < 1.29 is 125 Å². The van der Waals surface area contributed by atoms with E-state index < -0.39 is 125 Å². The molecular weight excluding hydrogens is 1320 g/mol. The second kappa shape index (κ2) is 44.6. The second-order valence-electron chi connectivity index (χ2n) is 23.7. The predicted octanol–water partition coefficient (Wildman–Crippen LogP) is 5.21. The fourth-order valence-electron chi connectivity index (χ4n) is 10.4. The molecule has 2 unspecified atom stereocenters. The summed E-state index contributed by atoms with van der Waals surface area (Å²) in [6.07, 6.45) is -7.72. The Bertz CT molecular complexity index is 4040. The fraction of sp³-hybridized carbons (Fsp3) is 0.710. The van der Waals surface area contributed by atoms with Crippen molar-refractivity contribution in [2.75, 3.05) is 26.4 Å². The van der Waals surface area contributed by atoms with Crippen LogP contribution in [0, 0.1) is 5.92 Å². The molecule has 10 heterocycles. The van der Waals surface area contributed by atoms with E-state index >= 15 is 0 Å². The van der Waals surface area contributed by atoms with Gasteiger partial charge in [-0.2, -0.15) is 0 Å². The Balaban J connectivity index is 0.000000292. The number of nitrogens with zero attached hydrogens (tertiary/aromatic N) is 16. The number of benzene rings is 2. The van der Waals surface area contributed by atoms with Crippen LogP contribution < -0.4 is 29.6 Å². The number of aryl methyl sites for hydroxylation is 8. The fourth-order valence-corrected chi connectivity index (χ4v) is 10.4. The number of hydrogen-bond donors (Lipinski definition) is 2. The standard InChI is InChI=1S/2C13H16O2.C8H14O3.C8H12O3.C7H12N4.C6H8F2N4.C6H10N4O.C6H8N4O.2CH4.B.Na.H/c2*14-12-6-8-13(9-7-12)15-10-11-4-2-1-3-5-11;2*9-7-1-3-8(4-2-7)10-5-6-11-8;1-6-2-3-7-8-9-10-11(7)5-4-6;7-6(8)2-1-5-9-10-11-12(5)4-3-6;2*11-5-1-2-6-7-8-9-10(6)4-3-5;;;;;/h2*1-5,13H,6-10H2;7,9H,1-6H2;1-6H2;6H,2-5H2,1H3;1-4H2;5,11H,1-4H2;1-4H2;2*1H4;;;/q;;;;;;;;;;;+1;-1/i6D2,7D2;;;;3D2,5D2;1D2,4D2;2*2D2,4D2;;;;;. The summed E-state index contributed by atoms with van der Waals surface area (Å²) in [5.74, 6) is -5.85. The predicted molar refractivity (Wildman–Crippen MR) is 363 cm³/mol. The Morgan fingerprint density at radius 3 is 1.41 bits per heavy atom. The van der Waals surface area contributed by atoms with E-state index in [1.165, 1.54) is 5.56 Å². The van der Waals surface area contributed by atoms with Crippen molar-refractivity contribution in [3.05, 3.63) is 95.1 Å². The molecule has 6 fully saturated rings. The second-order valence-corrected chi connectivity index (χ2v) is 23.7. The summed E-state index contributed by atoms with van der Waals surface area (Å²) in [7, 11) is 0. The summed E-state index contributed by atoms with van der Waals surface area (Å²) < 4.78 is 215. The van der Waals surface area contributed by atoms with E-state index in [9.17, 15) is 38.2 Å². The third-order valence-electron chi connectivity index (χ3n) is 16.0. The average molecular weight is 1440 g/mol. The Labute approximate surface area is 645 Å². The van der Waals surface area contributed by atoms with Crippen LogP contribution in [-0.2, 0) is 112 Å². The minimum atomic E-state index is -3.45. The van der Waals surface area contributed by atoms with Crippen molar-refractivity contribution in [2.45, 2.75) is 282 Å². The molecule has 4 aliphatic carbocycles. The molecule has 2 saturated heterocycles. The number of alkyl halides is 2. The van der Waals surface area contributed by atoms with Crippen LogP contribution in [-0.4, -0.2) is 191 Å². The molecule has 3 radical (unpaired) electrons. The van der Waals surface area contributed by atoms with E-state index in [1.54, 1.807) is 0 Å². The zero-order valence-electron chi connectivity index (χ0n) is 76.4. The van der Waals surface area contributed by atoms with Crippen molar-refractivity contribution in [1.82, 2.24) is 80.8 Å². The van der Waals surface area contributed by atoms with Gasteiger partial charge in [-0.3, -0.25) is 19.2 Å². The number of halogens is 2. The Kier molecular flexibility index (Phi) is 26.2. The number of rotatable bonds is 6. The van der Waals surface area contributed by atoms with Gasteiger partial charge in [0.15, 0.2) is 34.9 Å². The van der Waals surface area contributed by atoms with Crippen molar-refractivity contribution >= 4 is 31.5 Å². The Morgan fingerprint density at radius 1 is 0.465 bits per heavy atom. The number of carbonyl (C=O) groups is 4. The van der Waals surface area contributed by atoms with Crippen molar-refractivity contribution in [3.63, 3.8) is 0 Å². The first-order valence-electron chi connectivity index (χ1n) is 42.3. The number of aromatic nitrogens is 16. The number of hydrogen-bond acceptors (Lipinski definition) is 24. The van der Waals surface area contributed by atoms with Crippen LogP contribution in [0.5, 0.6) is 0 Å². The maximum absolute atomic E-state index is 13.3. The van der Waals surface area contributed by atoms with Crippen LogP contribution in [0.3, 0.4) is 0 Å². The van der Waals surface area contributed by atoms with E-state index in [0.29, 0.717) is 68.4 Å². The van der Waals surface area contributed by atoms with E-state index in [0.717, 1.165) is 84.2 Å². The molecule has 32 heteroatoms. The number of ether oxygens (including phenoxy) is 6. The molecule has 2 N–H and O–H groups in total. The Morgan fingerprint density at radius 2 is 0.881 bits per heavy atom. The first-order valence-corrected chi connectivity index (χ1v) is 32.3. The van der Waals surface area contributed by atoms with Gasteiger partial charge >= 0.3 is 29.6 Å². The number of tetrazole rings is 4. The molecule has 6 aliphatic heterocycles. The van der Waals surface area contributed by atoms with E-state index in [4.69, 9.17) is 55.8 Å². The van der Waals surface area contributed by atoms with Crippen LogP contribution in [0.25, 0.3) is 0 Å². The van der Waals surface area contributed by atoms with Gasteiger partial charge in [-0.05, 0) is 123 Å². The topological polar surface area (TPSA) is 339 Å². The molecule has 2 aromatic carbocycles. The number of carbonyl (C=O) groups excluding carboxylic acids is 4. The molecular formula is C69H105BF2N16NaO12. The van der Waals surface area contributed by atoms with Crippen LogP contribution in [0.4, 0.5) is 8.78 Å². The Hall–Kier alpha value is -6.00. The molecule has 4 saturated carbocycles. The van der Waals surface area contributed by atoms with E-state index in [1.807, 2.05) is 55.5 Å². The largest absolute Gasteiger partial charge is 1.00 e. The molecule has 101 heavy (non-hydrogen) atoms. The van der Waals surface area contributed by atoms with E-state index in [2.05, 4.69) is 74.2 Å². The number of aliphatic hydroxyl groups is 2. The number of fused-ring (bicyclic) bond motifs is 4. The van der Waals surface area contributed by atoms with Gasteiger partial charge in [0, 0.05) is 153 Å². The molecule has 2 atom stereocenters. The summed E-state index contributed by atoms with van der Waals surface area (Å²) in [4.78, 5) is 44.8. The molecule has 0 bridgehead atoms. The van der Waals surface area contributed by atoms with Crippen molar-refractivity contribution in [2.24, 2.45) is 5.92 Å². The summed E-state index contributed by atoms with van der Waals surface area (Å²) >= 11 is 0. The number of Topliss-reactive ketones (excluding diaryl/α,β-unsaturated/α-hetero) is 4. The molecule has 4 aromatic heterocycles. The maximum Gasteiger partial charge on any atom is 1.00 e. The summed E-state index contributed by atoms with van der Waals surface area (Å²) in [6.45, 7) is -2.61. The first-order chi connectivity index (χ1) is 54.4. The molecule has 2 spiro atoms. The molecule has 10 aliphatic rings. The van der Waals surface area contributed by atoms with Crippen molar-refractivity contribution in [3.8, 4) is 0 Å². The smallest absolute Gasteiger partial charge is 1.00 e. The van der Waals surface area contributed by atoms with Crippen LogP contribution in [0.2, 0.25) is 0 Å². The number of aliphatic hydroxyl groups excluding tert-OH is 2. The van der Waals surface area contributed by atoms with Gasteiger partial charge < -0.3 is 40.1 Å². The van der Waals surface area contributed by atoms with Gasteiger partial charge in [-0.25, -0.2) is 27.5 Å². The van der Waals surface area contributed by atoms with Crippen LogP contribution in [0.1, 0.15) is 239 Å². The van der Waals surface area contributed by atoms with Crippen LogP contribution >= 0.6 is 0 Å². The van der Waals surface area contributed by atoms with Gasteiger partial charge in [0.1, 0.15) is 23.1 Å². The van der Waals surface area contributed by atoms with Gasteiger partial charge in [0.05, 0.1) is 88.0 Å². The van der Waals surface area contributed by atoms with Gasteiger partial charge in [-0.15, -0.1) is 20.4 Å². The van der Waals surface area contributed by atoms with Gasteiger partial charge in [-0.1, -0.05) is 82.4 Å². The minimum Gasteiger partial charge on any atom is -1.00 e. The molecule has 0 amide bonds. The monoisotopic (exact) mass is 1440 g/mol. The average Bonchev–Trinajstić information content (AvgIpc) is 1.23. The third-order valence-corrected chi connectivity index (χ3v) is 16.0. The maximum atomic E-state index is 13.3. The third kappa shape index (κ3) is 29.6. The van der Waals surface area contributed by atoms with Crippen molar-refractivity contribution in [1.29, 1.82) is 0 Å². The van der Waals surface area contributed by atoms with Gasteiger partial charge in [0.25, 0.3) is 0 Å². The summed E-state index contributed by atoms with van der Waals surface area (Å²) in [5.41, 5.74) is 2.15. The minimum absolute atomic E-state index is 0. The SMILES string of the molecule is C.C.O=C1CCC(OCc2ccccc2)CC1.O=C1CCC2(CC1)OCCO2.OC1CCC2(CC1)OCCO2.[2H]C1([2H])CC(=O)CC([2H])([2H])n2nnnc21.[2H]C1([2H])CC(C)CC([2H])([2H])n2nnnc21.[2H]C1([2H])CC(F)(F)CC([2H])([2H])n2nnnc21.[2H]C1([2H])CC(O)CC([2H])([2H])n2nnnc21.[2H]C1([2H])CC(OCc2ccccc2)CC([2H])([2H])C1=O.[B].[H-].[Na+]. The molecule has 28 nitrogen and oxygen atoms in total. The van der Waals surface area contributed by atoms with E-state index in [-0.39, 0.29) is 140 Å². The summed E-state index contributed by atoms with van der Waals surface area (Å²) in [6, 6.07) is 19.6. The molecule has 6 aromatic rings. The summed E-state index contributed by atoms with van der Waals surface area (Å²) in [5, 5.41) is 59.1. The first kappa shape index (κ1) is 59.3. The normalized spacial score (nSPS) is 29.7. The zero-order valence-corrected chi connectivity index (χ0v) is 57.4. The molecule has 551 valence electrons. The zero-order chi connectivity index (χ0) is 86.1.